The number of allylic oxidation sites excluding steroid dienone is 2. The molecule has 0 spiro atoms. The molecule has 1 aliphatic heterocycles. The van der Waals surface area contributed by atoms with E-state index in [1.807, 2.05) is 4.90 Å². The van der Waals surface area contributed by atoms with Crippen LogP contribution in [0.2, 0.25) is 0 Å². The van der Waals surface area contributed by atoms with Crippen LogP contribution in [0.15, 0.2) is 36.4 Å². The number of hydrogen-bond donors (Lipinski definition) is 2. The number of carbonyl (C=O) groups is 2. The maximum absolute atomic E-state index is 12.4. The predicted octanol–water partition coefficient (Wildman–Crippen LogP) is 1.61. The van der Waals surface area contributed by atoms with E-state index in [2.05, 4.69) is 22.2 Å². The fraction of sp³-hybridized carbons (Fsp3) is 0.500. The highest BCUT2D eigenvalue weighted by molar-refractivity contribution is 5.91. The molecule has 6 nitrogen and oxygen atoms in total. The zero-order valence-corrected chi connectivity index (χ0v) is 16.0. The van der Waals surface area contributed by atoms with Gasteiger partial charge < -0.3 is 19.9 Å². The van der Waals surface area contributed by atoms with Crippen molar-refractivity contribution in [3.63, 3.8) is 0 Å². The molecule has 1 aromatic carbocycles. The topological polar surface area (TPSA) is 63.1 Å². The van der Waals surface area contributed by atoms with E-state index in [0.29, 0.717) is 44.2 Å². The fourth-order valence-electron chi connectivity index (χ4n) is 3.64. The highest BCUT2D eigenvalue weighted by Gasteiger charge is 2.31. The van der Waals surface area contributed by atoms with Gasteiger partial charge in [-0.15, -0.1) is 13.2 Å². The van der Waals surface area contributed by atoms with Crippen molar-refractivity contribution in [1.29, 1.82) is 0 Å². The maximum atomic E-state index is 12.4. The quantitative estimate of drug-likeness (QED) is 0.698. The van der Waals surface area contributed by atoms with Gasteiger partial charge in [-0.05, 0) is 43.0 Å². The van der Waals surface area contributed by atoms with E-state index in [-0.39, 0.29) is 24.1 Å². The number of halogens is 3. The summed E-state index contributed by atoms with van der Waals surface area (Å²) in [5.74, 6) is -0.0341. The summed E-state index contributed by atoms with van der Waals surface area (Å²) in [4.78, 5) is 27.5. The second-order valence-electron chi connectivity index (χ2n) is 7.40. The van der Waals surface area contributed by atoms with Crippen molar-refractivity contribution in [3.8, 4) is 5.75 Å². The fourth-order valence-corrected chi connectivity index (χ4v) is 3.64. The van der Waals surface area contributed by atoms with Crippen molar-refractivity contribution in [2.75, 3.05) is 38.0 Å². The second kappa shape index (κ2) is 9.30. The van der Waals surface area contributed by atoms with Crippen LogP contribution in [0.3, 0.4) is 0 Å². The monoisotopic (exact) mass is 412 g/mol. The van der Waals surface area contributed by atoms with Crippen LogP contribution in [0.1, 0.15) is 19.3 Å². The summed E-state index contributed by atoms with van der Waals surface area (Å²) in [5.41, 5.74) is 0.405. The van der Waals surface area contributed by atoms with Crippen molar-refractivity contribution in [1.82, 2.24) is 4.90 Å². The molecule has 0 unspecified atom stereocenters. The lowest BCUT2D eigenvalue weighted by Gasteiger charge is -2.32. The third-order valence-corrected chi connectivity index (χ3v) is 5.15. The zero-order valence-electron chi connectivity index (χ0n) is 16.0. The molecule has 0 bridgehead atoms. The van der Waals surface area contributed by atoms with Gasteiger partial charge in [-0.2, -0.15) is 0 Å². The Hall–Kier alpha value is -2.55. The van der Waals surface area contributed by atoms with Crippen LogP contribution in [0.4, 0.5) is 18.9 Å². The number of alkyl halides is 3. The molecule has 2 amide bonds. The first kappa shape index (κ1) is 21.2. The van der Waals surface area contributed by atoms with Crippen LogP contribution in [0, 0.1) is 5.92 Å². The first-order valence-electron chi connectivity index (χ1n) is 9.72. The van der Waals surface area contributed by atoms with E-state index in [1.165, 1.54) is 12.1 Å². The molecule has 1 aliphatic carbocycles. The molecule has 1 saturated heterocycles. The molecule has 1 heterocycles. The Balaban J connectivity index is 1.39. The molecule has 2 aliphatic rings. The molecule has 1 aromatic rings. The minimum absolute atomic E-state index is 0.172. The molecule has 3 rings (SSSR count). The minimum atomic E-state index is -4.74. The summed E-state index contributed by atoms with van der Waals surface area (Å²) in [7, 11) is 0. The number of piperazine rings is 1. The predicted molar refractivity (Wildman–Crippen MR) is 100 cm³/mol. The summed E-state index contributed by atoms with van der Waals surface area (Å²) < 4.78 is 40.3. The summed E-state index contributed by atoms with van der Waals surface area (Å²) in [6.07, 6.45) is 2.14. The number of anilines is 1. The second-order valence-corrected chi connectivity index (χ2v) is 7.40. The van der Waals surface area contributed by atoms with Gasteiger partial charge in [0.2, 0.25) is 5.91 Å². The van der Waals surface area contributed by atoms with Crippen LogP contribution in [0.5, 0.6) is 5.75 Å². The smallest absolute Gasteiger partial charge is 0.406 e. The summed E-state index contributed by atoms with van der Waals surface area (Å²) in [5, 5.41) is 2.68. The van der Waals surface area contributed by atoms with Gasteiger partial charge in [0.05, 0.1) is 26.2 Å². The molecule has 0 aromatic heterocycles. The van der Waals surface area contributed by atoms with Crippen molar-refractivity contribution < 1.29 is 32.4 Å². The summed E-state index contributed by atoms with van der Waals surface area (Å²) in [6, 6.07) is 5.03. The van der Waals surface area contributed by atoms with Gasteiger partial charge >= 0.3 is 6.36 Å². The molecule has 2 N–H and O–H groups in total. The van der Waals surface area contributed by atoms with Crippen LogP contribution in [0.25, 0.3) is 0 Å². The summed E-state index contributed by atoms with van der Waals surface area (Å²) in [6.45, 7) is 2.88. The molecule has 158 valence electrons. The zero-order chi connectivity index (χ0) is 20.9. The Morgan fingerprint density at radius 1 is 1.17 bits per heavy atom. The van der Waals surface area contributed by atoms with Crippen LogP contribution in [-0.4, -0.2) is 55.8 Å². The number of rotatable bonds is 6. The Labute approximate surface area is 167 Å². The van der Waals surface area contributed by atoms with Crippen LogP contribution >= 0.6 is 0 Å². The Kier molecular flexibility index (Phi) is 6.79. The number of amides is 2. The van der Waals surface area contributed by atoms with E-state index in [4.69, 9.17) is 0 Å². The van der Waals surface area contributed by atoms with E-state index in [0.717, 1.165) is 29.9 Å². The highest BCUT2D eigenvalue weighted by Crippen LogP contribution is 2.24. The van der Waals surface area contributed by atoms with Gasteiger partial charge in [-0.1, -0.05) is 12.2 Å². The van der Waals surface area contributed by atoms with E-state index >= 15 is 0 Å². The van der Waals surface area contributed by atoms with Gasteiger partial charge in [0.1, 0.15) is 5.75 Å². The van der Waals surface area contributed by atoms with Gasteiger partial charge in [0.15, 0.2) is 6.54 Å². The maximum Gasteiger partial charge on any atom is 0.573 e. The van der Waals surface area contributed by atoms with E-state index < -0.39 is 6.36 Å². The lowest BCUT2D eigenvalue weighted by Crippen LogP contribution is -3.15. The molecule has 1 fully saturated rings. The first-order valence-corrected chi connectivity index (χ1v) is 9.72. The molecular weight excluding hydrogens is 387 g/mol. The van der Waals surface area contributed by atoms with Crippen molar-refractivity contribution in [3.05, 3.63) is 36.4 Å². The standard InChI is InChI=1S/C20H24F3N3O3/c21-20(22,23)29-17-7-5-16(6-8-17)24-18(27)14-25-9-11-26(12-10-25)19(28)13-15-3-1-2-4-15/h1,3,5-8,15H,2,4,9-14H2,(H,24,27)/p+1/t15-/m0/s1. The summed E-state index contributed by atoms with van der Waals surface area (Å²) >= 11 is 0. The molecule has 9 heteroatoms. The third kappa shape index (κ3) is 6.77. The number of nitrogens with one attached hydrogen (secondary N) is 2. The van der Waals surface area contributed by atoms with Gasteiger partial charge in [-0.3, -0.25) is 9.59 Å². The van der Waals surface area contributed by atoms with E-state index in [9.17, 15) is 22.8 Å². The van der Waals surface area contributed by atoms with Crippen molar-refractivity contribution in [2.24, 2.45) is 5.92 Å². The van der Waals surface area contributed by atoms with Gasteiger partial charge in [0.25, 0.3) is 5.91 Å². The Morgan fingerprint density at radius 3 is 2.45 bits per heavy atom. The number of benzene rings is 1. The molecule has 0 radical (unpaired) electrons. The number of carbonyl (C=O) groups excluding carboxylic acids is 2. The molecule has 1 atom stereocenters. The highest BCUT2D eigenvalue weighted by atomic mass is 19.4. The van der Waals surface area contributed by atoms with Gasteiger partial charge in [0, 0.05) is 12.1 Å². The third-order valence-electron chi connectivity index (χ3n) is 5.15. The normalized spacial score (nSPS) is 20.0. The minimum Gasteiger partial charge on any atom is -0.406 e. The van der Waals surface area contributed by atoms with Crippen LogP contribution in [-0.2, 0) is 9.59 Å². The average molecular weight is 412 g/mol. The lowest BCUT2D eigenvalue weighted by molar-refractivity contribution is -0.895. The van der Waals surface area contributed by atoms with Crippen molar-refractivity contribution in [2.45, 2.75) is 25.6 Å². The lowest BCUT2D eigenvalue weighted by atomic mass is 10.0. The number of ether oxygens (including phenoxy) is 1. The SMILES string of the molecule is O=C(C[NH+]1CCN(C(=O)C[C@H]2C=CCC2)CC1)Nc1ccc(OC(F)(F)F)cc1. The largest absolute Gasteiger partial charge is 0.573 e. The van der Waals surface area contributed by atoms with E-state index in [1.54, 1.807) is 0 Å². The van der Waals surface area contributed by atoms with Crippen LogP contribution < -0.4 is 15.0 Å². The molecular formula is C20H25F3N3O3+. The number of nitrogens with zero attached hydrogens (tertiary/aromatic N) is 1. The van der Waals surface area contributed by atoms with Crippen molar-refractivity contribution >= 4 is 17.5 Å². The Bertz CT molecular complexity index is 742. The molecule has 0 saturated carbocycles. The number of hydrogen-bond acceptors (Lipinski definition) is 3. The first-order chi connectivity index (χ1) is 13.8. The number of quaternary nitrogens is 1. The van der Waals surface area contributed by atoms with Gasteiger partial charge in [-0.25, -0.2) is 0 Å². The average Bonchev–Trinajstić information content (AvgIpc) is 3.15. The molecule has 29 heavy (non-hydrogen) atoms. The Morgan fingerprint density at radius 2 is 1.86 bits per heavy atom.